The van der Waals surface area contributed by atoms with E-state index in [0.717, 1.165) is 28.3 Å². The number of benzene rings is 2. The zero-order chi connectivity index (χ0) is 21.2. The second-order valence-electron chi connectivity index (χ2n) is 7.13. The predicted octanol–water partition coefficient (Wildman–Crippen LogP) is 4.28. The molecule has 0 amide bonds. The average Bonchev–Trinajstić information content (AvgIpc) is 3.46. The number of hydrogen-bond acceptors (Lipinski definition) is 7. The Morgan fingerprint density at radius 2 is 1.97 bits per heavy atom. The molecule has 158 valence electrons. The van der Waals surface area contributed by atoms with E-state index in [2.05, 4.69) is 15.2 Å². The van der Waals surface area contributed by atoms with Crippen LogP contribution in [0.5, 0.6) is 11.5 Å². The van der Waals surface area contributed by atoms with Crippen LogP contribution in [0.1, 0.15) is 24.3 Å². The lowest BCUT2D eigenvalue weighted by atomic mass is 10.1. The Morgan fingerprint density at radius 3 is 2.77 bits per heavy atom. The van der Waals surface area contributed by atoms with E-state index < -0.39 is 0 Å². The van der Waals surface area contributed by atoms with Crippen molar-refractivity contribution in [3.63, 3.8) is 0 Å². The molecular weight excluding hydrogens is 396 g/mol. The highest BCUT2D eigenvalue weighted by atomic mass is 16.5. The number of rotatable bonds is 6. The van der Waals surface area contributed by atoms with Gasteiger partial charge in [0, 0.05) is 0 Å². The SMILES string of the molecule is CCOc1ccccc1-c1noc(-c2cc3n(n2)C[C@H](c2ccc(OC)cc2)OC3)n1. The molecule has 0 radical (unpaired) electrons. The van der Waals surface area contributed by atoms with E-state index in [9.17, 15) is 0 Å². The molecule has 31 heavy (non-hydrogen) atoms. The first-order chi connectivity index (χ1) is 15.2. The number of ether oxygens (including phenoxy) is 3. The van der Waals surface area contributed by atoms with Crippen LogP contribution in [0.25, 0.3) is 23.0 Å². The molecular formula is C23H22N4O4. The maximum absolute atomic E-state index is 6.05. The van der Waals surface area contributed by atoms with Crippen molar-refractivity contribution < 1.29 is 18.7 Å². The number of methoxy groups -OCH3 is 1. The second-order valence-corrected chi connectivity index (χ2v) is 7.13. The van der Waals surface area contributed by atoms with Gasteiger partial charge in [-0.2, -0.15) is 10.1 Å². The molecule has 1 atom stereocenters. The smallest absolute Gasteiger partial charge is 0.278 e. The van der Waals surface area contributed by atoms with Gasteiger partial charge in [0.05, 0.1) is 38.1 Å². The molecule has 8 nitrogen and oxygen atoms in total. The fourth-order valence-corrected chi connectivity index (χ4v) is 3.62. The summed E-state index contributed by atoms with van der Waals surface area (Å²) in [7, 11) is 1.65. The maximum Gasteiger partial charge on any atom is 0.278 e. The lowest BCUT2D eigenvalue weighted by Gasteiger charge is -2.24. The summed E-state index contributed by atoms with van der Waals surface area (Å²) in [6.45, 7) is 3.56. The Balaban J connectivity index is 1.38. The summed E-state index contributed by atoms with van der Waals surface area (Å²) in [6, 6.07) is 17.4. The highest BCUT2D eigenvalue weighted by Gasteiger charge is 2.25. The summed E-state index contributed by atoms with van der Waals surface area (Å²) in [5.41, 5.74) is 3.46. The van der Waals surface area contributed by atoms with Crippen molar-refractivity contribution in [3.05, 3.63) is 65.9 Å². The van der Waals surface area contributed by atoms with Gasteiger partial charge >= 0.3 is 0 Å². The van der Waals surface area contributed by atoms with Gasteiger partial charge in [-0.1, -0.05) is 29.4 Å². The number of nitrogens with zero attached hydrogens (tertiary/aromatic N) is 4. The van der Waals surface area contributed by atoms with E-state index in [-0.39, 0.29) is 6.10 Å². The second kappa shape index (κ2) is 8.23. The summed E-state index contributed by atoms with van der Waals surface area (Å²) < 4.78 is 24.4. The van der Waals surface area contributed by atoms with Crippen molar-refractivity contribution in [2.75, 3.05) is 13.7 Å². The van der Waals surface area contributed by atoms with Crippen molar-refractivity contribution >= 4 is 0 Å². The van der Waals surface area contributed by atoms with Crippen LogP contribution < -0.4 is 9.47 Å². The molecule has 0 saturated carbocycles. The molecule has 8 heteroatoms. The molecule has 0 N–H and O–H groups in total. The number of aromatic nitrogens is 4. The molecule has 2 aromatic heterocycles. The fourth-order valence-electron chi connectivity index (χ4n) is 3.62. The third-order valence-electron chi connectivity index (χ3n) is 5.20. The molecule has 3 heterocycles. The first-order valence-corrected chi connectivity index (χ1v) is 10.1. The molecule has 0 unspecified atom stereocenters. The van der Waals surface area contributed by atoms with Crippen molar-refractivity contribution in [1.82, 2.24) is 19.9 Å². The molecule has 1 aliphatic heterocycles. The normalized spacial score (nSPS) is 15.5. The fraction of sp³-hybridized carbons (Fsp3) is 0.261. The van der Waals surface area contributed by atoms with Crippen molar-refractivity contribution in [1.29, 1.82) is 0 Å². The average molecular weight is 418 g/mol. The van der Waals surface area contributed by atoms with Crippen LogP contribution in [-0.2, 0) is 17.9 Å². The standard InChI is InChI=1S/C23H22N4O4/c1-3-29-20-7-5-4-6-18(20)22-24-23(31-26-22)19-12-16-14-30-21(13-27(16)25-19)15-8-10-17(28-2)11-9-15/h4-12,21H,3,13-14H2,1-2H3/t21-/m1/s1. The highest BCUT2D eigenvalue weighted by Crippen LogP contribution is 2.32. The van der Waals surface area contributed by atoms with Crippen molar-refractivity contribution in [2.24, 2.45) is 0 Å². The lowest BCUT2D eigenvalue weighted by Crippen LogP contribution is -2.21. The maximum atomic E-state index is 6.05. The van der Waals surface area contributed by atoms with Gasteiger partial charge in [-0.15, -0.1) is 0 Å². The quantitative estimate of drug-likeness (QED) is 0.462. The van der Waals surface area contributed by atoms with Gasteiger partial charge in [0.1, 0.15) is 17.6 Å². The molecule has 0 fully saturated rings. The monoisotopic (exact) mass is 418 g/mol. The Bertz CT molecular complexity index is 1180. The molecule has 5 rings (SSSR count). The topological polar surface area (TPSA) is 84.4 Å². The molecule has 1 aliphatic rings. The van der Waals surface area contributed by atoms with E-state index in [0.29, 0.717) is 37.2 Å². The van der Waals surface area contributed by atoms with Crippen LogP contribution in [0.2, 0.25) is 0 Å². The van der Waals surface area contributed by atoms with Gasteiger partial charge in [-0.3, -0.25) is 4.68 Å². The summed E-state index contributed by atoms with van der Waals surface area (Å²) in [5.74, 6) is 2.37. The minimum absolute atomic E-state index is 0.0810. The van der Waals surface area contributed by atoms with Crippen LogP contribution >= 0.6 is 0 Å². The Morgan fingerprint density at radius 1 is 1.13 bits per heavy atom. The zero-order valence-corrected chi connectivity index (χ0v) is 17.3. The van der Waals surface area contributed by atoms with E-state index in [1.807, 2.05) is 66.2 Å². The highest BCUT2D eigenvalue weighted by molar-refractivity contribution is 5.65. The molecule has 2 aromatic carbocycles. The van der Waals surface area contributed by atoms with Crippen LogP contribution in [0.15, 0.2) is 59.1 Å². The molecule has 0 bridgehead atoms. The predicted molar refractivity (Wildman–Crippen MR) is 113 cm³/mol. The number of fused-ring (bicyclic) bond motifs is 1. The molecule has 0 spiro atoms. The van der Waals surface area contributed by atoms with E-state index in [1.165, 1.54) is 0 Å². The summed E-state index contributed by atoms with van der Waals surface area (Å²) >= 11 is 0. The van der Waals surface area contributed by atoms with E-state index in [1.54, 1.807) is 7.11 Å². The van der Waals surface area contributed by atoms with Crippen molar-refractivity contribution in [2.45, 2.75) is 26.2 Å². The first-order valence-electron chi connectivity index (χ1n) is 10.1. The third-order valence-corrected chi connectivity index (χ3v) is 5.20. The van der Waals surface area contributed by atoms with Gasteiger partial charge in [-0.25, -0.2) is 0 Å². The zero-order valence-electron chi connectivity index (χ0n) is 17.3. The molecule has 0 aliphatic carbocycles. The van der Waals surface area contributed by atoms with Crippen LogP contribution in [0, 0.1) is 0 Å². The Hall–Kier alpha value is -3.65. The summed E-state index contributed by atoms with van der Waals surface area (Å²) in [5, 5.41) is 8.81. The molecule has 0 saturated heterocycles. The van der Waals surface area contributed by atoms with E-state index >= 15 is 0 Å². The minimum atomic E-state index is -0.0810. The van der Waals surface area contributed by atoms with Gasteiger partial charge in [0.25, 0.3) is 5.89 Å². The van der Waals surface area contributed by atoms with Gasteiger partial charge in [0.2, 0.25) is 5.82 Å². The Labute approximate surface area is 179 Å². The minimum Gasteiger partial charge on any atom is -0.497 e. The van der Waals surface area contributed by atoms with Gasteiger partial charge in [0.15, 0.2) is 5.69 Å². The Kier molecular flexibility index (Phi) is 5.13. The van der Waals surface area contributed by atoms with Crippen LogP contribution in [0.4, 0.5) is 0 Å². The lowest BCUT2D eigenvalue weighted by molar-refractivity contribution is -0.00115. The van der Waals surface area contributed by atoms with Gasteiger partial charge in [-0.05, 0) is 42.8 Å². The number of para-hydroxylation sites is 1. The number of hydrogen-bond donors (Lipinski definition) is 0. The molecule has 4 aromatic rings. The van der Waals surface area contributed by atoms with Crippen molar-refractivity contribution in [3.8, 4) is 34.5 Å². The summed E-state index contributed by atoms with van der Waals surface area (Å²) in [6.07, 6.45) is -0.0810. The third kappa shape index (κ3) is 3.77. The van der Waals surface area contributed by atoms with Crippen LogP contribution in [-0.4, -0.2) is 33.6 Å². The van der Waals surface area contributed by atoms with Gasteiger partial charge < -0.3 is 18.7 Å². The van der Waals surface area contributed by atoms with E-state index in [4.69, 9.17) is 18.7 Å². The van der Waals surface area contributed by atoms with Crippen LogP contribution in [0.3, 0.4) is 0 Å². The first kappa shape index (κ1) is 19.3. The summed E-state index contributed by atoms with van der Waals surface area (Å²) in [4.78, 5) is 4.55. The largest absolute Gasteiger partial charge is 0.497 e.